The molecule has 1 amide bonds. The molecule has 0 fully saturated rings. The van der Waals surface area contributed by atoms with Gasteiger partial charge in [0, 0.05) is 38.8 Å². The maximum absolute atomic E-state index is 12.3. The summed E-state index contributed by atoms with van der Waals surface area (Å²) in [4.78, 5) is 43.4. The van der Waals surface area contributed by atoms with Gasteiger partial charge >= 0.3 is 18.0 Å². The molecule has 0 aliphatic heterocycles. The molecule has 0 bridgehead atoms. The minimum Gasteiger partial charge on any atom is -0.465 e. The maximum Gasteiger partial charge on any atom is 0.407 e. The van der Waals surface area contributed by atoms with Crippen LogP contribution in [0.4, 0.5) is 4.79 Å². The van der Waals surface area contributed by atoms with E-state index in [0.29, 0.717) is 32.3 Å². The molecule has 0 aliphatic carbocycles. The normalized spacial score (nSPS) is 12.5. The second-order valence-corrected chi connectivity index (χ2v) is 13.0. The molecule has 0 spiro atoms. The fourth-order valence-corrected chi connectivity index (χ4v) is 5.52. The number of rotatable bonds is 28. The summed E-state index contributed by atoms with van der Waals surface area (Å²) in [5, 5.41) is 2.84. The first-order valence-corrected chi connectivity index (χ1v) is 18.0. The lowest BCUT2D eigenvalue weighted by atomic mass is 10.0. The molecule has 10 heteroatoms. The summed E-state index contributed by atoms with van der Waals surface area (Å²) in [5.74, 6) is -0.617. The van der Waals surface area contributed by atoms with Gasteiger partial charge in [0.25, 0.3) is 0 Å². The van der Waals surface area contributed by atoms with Gasteiger partial charge in [-0.3, -0.25) is 19.4 Å². The van der Waals surface area contributed by atoms with Crippen LogP contribution in [-0.4, -0.2) is 116 Å². The molecule has 0 heterocycles. The Balaban J connectivity index is 4.94. The van der Waals surface area contributed by atoms with E-state index in [1.165, 1.54) is 32.1 Å². The number of nitrogens with one attached hydrogen (secondary N) is 1. The summed E-state index contributed by atoms with van der Waals surface area (Å²) in [5.41, 5.74) is -0.461. The quantitative estimate of drug-likeness (QED) is 0.0602. The first kappa shape index (κ1) is 43.1. The van der Waals surface area contributed by atoms with E-state index in [1.54, 1.807) is 13.8 Å². The Morgan fingerprint density at radius 3 is 1.60 bits per heavy atom. The van der Waals surface area contributed by atoms with Crippen LogP contribution >= 0.6 is 0 Å². The second-order valence-electron chi connectivity index (χ2n) is 13.0. The van der Waals surface area contributed by atoms with Gasteiger partial charge in [-0.05, 0) is 79.8 Å². The van der Waals surface area contributed by atoms with Crippen LogP contribution in [0.25, 0.3) is 0 Å². The molecule has 0 aromatic carbocycles. The Kier molecular flexibility index (Phi) is 26.1. The zero-order chi connectivity index (χ0) is 33.9. The molecule has 0 saturated carbocycles. The Morgan fingerprint density at radius 1 is 0.644 bits per heavy atom. The minimum atomic E-state index is -0.461. The molecular weight excluding hydrogens is 572 g/mol. The first-order chi connectivity index (χ1) is 21.5. The summed E-state index contributed by atoms with van der Waals surface area (Å²) < 4.78 is 15.7. The number of unbranched alkanes of at least 4 members (excludes halogenated alkanes) is 6. The topological polar surface area (TPSA) is 101 Å². The molecule has 1 unspecified atom stereocenters. The first-order valence-electron chi connectivity index (χ1n) is 18.0. The highest BCUT2D eigenvalue weighted by Crippen LogP contribution is 2.16. The highest BCUT2D eigenvalue weighted by Gasteiger charge is 2.22. The van der Waals surface area contributed by atoms with E-state index < -0.39 is 5.60 Å². The number of esters is 2. The van der Waals surface area contributed by atoms with Crippen molar-refractivity contribution < 1.29 is 28.6 Å². The smallest absolute Gasteiger partial charge is 0.407 e. The Morgan fingerprint density at radius 2 is 1.13 bits per heavy atom. The van der Waals surface area contributed by atoms with Crippen LogP contribution in [0.2, 0.25) is 0 Å². The monoisotopic (exact) mass is 643 g/mol. The lowest BCUT2D eigenvalue weighted by Gasteiger charge is -2.35. The van der Waals surface area contributed by atoms with Crippen molar-refractivity contribution in [3.63, 3.8) is 0 Å². The number of hydrogen-bond donors (Lipinski definition) is 1. The lowest BCUT2D eigenvalue weighted by molar-refractivity contribution is -0.148. The average Bonchev–Trinajstić information content (AvgIpc) is 2.95. The van der Waals surface area contributed by atoms with E-state index in [0.717, 1.165) is 71.2 Å². The Bertz CT molecular complexity index is 735. The third-order valence-corrected chi connectivity index (χ3v) is 7.67. The number of hydrogen-bond acceptors (Lipinski definition) is 9. The van der Waals surface area contributed by atoms with Crippen molar-refractivity contribution in [1.29, 1.82) is 0 Å². The third-order valence-electron chi connectivity index (χ3n) is 7.67. The Hall–Kier alpha value is -1.91. The van der Waals surface area contributed by atoms with Gasteiger partial charge < -0.3 is 24.4 Å². The molecule has 0 rings (SSSR count). The van der Waals surface area contributed by atoms with Crippen LogP contribution in [0.3, 0.4) is 0 Å². The standard InChI is InChI=1S/C35H70N4O6/c1-9-23-37(24-10-2)25-27-39(28-26-38(29-32(40)43-12-4)30-33(41)44-13-5)31(11-3)21-19-17-15-14-16-18-20-22-36-34(42)45-35(6,7)8/h31H,9-30H2,1-8H3,(H,36,42). The summed E-state index contributed by atoms with van der Waals surface area (Å²) in [6.07, 6.45) is 12.3. The van der Waals surface area contributed by atoms with E-state index in [-0.39, 0.29) is 31.1 Å². The van der Waals surface area contributed by atoms with Crippen molar-refractivity contribution in [3.8, 4) is 0 Å². The summed E-state index contributed by atoms with van der Waals surface area (Å²) >= 11 is 0. The van der Waals surface area contributed by atoms with Crippen LogP contribution in [0.15, 0.2) is 0 Å². The highest BCUT2D eigenvalue weighted by molar-refractivity contribution is 5.75. The van der Waals surface area contributed by atoms with Gasteiger partial charge in [0.05, 0.1) is 26.3 Å². The zero-order valence-corrected chi connectivity index (χ0v) is 30.4. The maximum atomic E-state index is 12.3. The third kappa shape index (κ3) is 24.9. The number of alkyl carbamates (subject to hydrolysis) is 1. The van der Waals surface area contributed by atoms with Crippen LogP contribution in [0.1, 0.15) is 126 Å². The molecule has 0 aromatic heterocycles. The van der Waals surface area contributed by atoms with E-state index in [9.17, 15) is 14.4 Å². The van der Waals surface area contributed by atoms with Crippen molar-refractivity contribution in [2.24, 2.45) is 0 Å². The molecule has 266 valence electrons. The fourth-order valence-electron chi connectivity index (χ4n) is 5.52. The average molecular weight is 643 g/mol. The fraction of sp³-hybridized carbons (Fsp3) is 0.914. The summed E-state index contributed by atoms with van der Waals surface area (Å²) in [6.45, 7) is 23.1. The molecule has 45 heavy (non-hydrogen) atoms. The van der Waals surface area contributed by atoms with E-state index in [2.05, 4.69) is 35.9 Å². The van der Waals surface area contributed by atoms with Gasteiger partial charge in [0.15, 0.2) is 0 Å². The van der Waals surface area contributed by atoms with E-state index in [4.69, 9.17) is 14.2 Å². The van der Waals surface area contributed by atoms with Crippen LogP contribution in [-0.2, 0) is 23.8 Å². The molecular formula is C35H70N4O6. The zero-order valence-electron chi connectivity index (χ0n) is 30.4. The SMILES string of the molecule is CCCN(CCC)CCN(CCN(CC(=O)OCC)CC(=O)OCC)C(CC)CCCCCCCCCNC(=O)OC(C)(C)C. The second kappa shape index (κ2) is 27.2. The number of ether oxygens (including phenoxy) is 3. The van der Waals surface area contributed by atoms with Crippen molar-refractivity contribution >= 4 is 18.0 Å². The Labute approximate surface area is 276 Å². The molecule has 10 nitrogen and oxygen atoms in total. The minimum absolute atomic E-state index is 0.0894. The van der Waals surface area contributed by atoms with Crippen molar-refractivity contribution in [3.05, 3.63) is 0 Å². The molecule has 1 atom stereocenters. The molecule has 0 aromatic rings. The van der Waals surface area contributed by atoms with Crippen LogP contribution in [0, 0.1) is 0 Å². The number of carbonyl (C=O) groups excluding carboxylic acids is 3. The predicted molar refractivity (Wildman–Crippen MR) is 184 cm³/mol. The van der Waals surface area contributed by atoms with Crippen molar-refractivity contribution in [2.45, 2.75) is 138 Å². The molecule has 1 N–H and O–H groups in total. The number of amides is 1. The van der Waals surface area contributed by atoms with Gasteiger partial charge in [-0.2, -0.15) is 0 Å². The van der Waals surface area contributed by atoms with Crippen LogP contribution < -0.4 is 5.32 Å². The molecule has 0 saturated heterocycles. The summed E-state index contributed by atoms with van der Waals surface area (Å²) in [6, 6.07) is 0.459. The molecule has 0 aliphatic rings. The van der Waals surface area contributed by atoms with Gasteiger partial charge in [-0.15, -0.1) is 0 Å². The largest absolute Gasteiger partial charge is 0.465 e. The van der Waals surface area contributed by atoms with Crippen molar-refractivity contribution in [2.75, 3.05) is 72.1 Å². The summed E-state index contributed by atoms with van der Waals surface area (Å²) in [7, 11) is 0. The highest BCUT2D eigenvalue weighted by atomic mass is 16.6. The molecule has 0 radical (unpaired) electrons. The van der Waals surface area contributed by atoms with E-state index in [1.807, 2.05) is 25.7 Å². The van der Waals surface area contributed by atoms with Gasteiger partial charge in [0.2, 0.25) is 0 Å². The number of nitrogens with zero attached hydrogens (tertiary/aromatic N) is 3. The van der Waals surface area contributed by atoms with Gasteiger partial charge in [-0.25, -0.2) is 4.79 Å². The van der Waals surface area contributed by atoms with E-state index >= 15 is 0 Å². The lowest BCUT2D eigenvalue weighted by Crippen LogP contribution is -2.46. The van der Waals surface area contributed by atoms with Crippen LogP contribution in [0.5, 0.6) is 0 Å². The van der Waals surface area contributed by atoms with Crippen molar-refractivity contribution in [1.82, 2.24) is 20.0 Å². The predicted octanol–water partition coefficient (Wildman–Crippen LogP) is 6.26. The van der Waals surface area contributed by atoms with Gasteiger partial charge in [-0.1, -0.05) is 59.3 Å². The number of carbonyl (C=O) groups is 3. The van der Waals surface area contributed by atoms with Gasteiger partial charge in [0.1, 0.15) is 5.60 Å².